The van der Waals surface area contributed by atoms with Crippen LogP contribution in [-0.4, -0.2) is 20.8 Å². The van der Waals surface area contributed by atoms with Crippen molar-refractivity contribution in [3.8, 4) is 5.75 Å². The average molecular weight is 501 g/mol. The van der Waals surface area contributed by atoms with Crippen molar-refractivity contribution < 1.29 is 14.1 Å². The molecule has 5 rings (SSSR count). The van der Waals surface area contributed by atoms with Crippen LogP contribution in [0.4, 0.5) is 5.69 Å². The molecule has 0 atom stereocenters. The maximum atomic E-state index is 13.2. The molecule has 3 aromatic carbocycles. The maximum absolute atomic E-state index is 13.2. The number of rotatable bonds is 7. The summed E-state index contributed by atoms with van der Waals surface area (Å²) in [5.41, 5.74) is 4.10. The lowest BCUT2D eigenvalue weighted by atomic mass is 10.0. The highest BCUT2D eigenvalue weighted by molar-refractivity contribution is 6.32. The van der Waals surface area contributed by atoms with Crippen LogP contribution >= 0.6 is 11.6 Å². The molecule has 0 spiro atoms. The second kappa shape index (κ2) is 9.87. The van der Waals surface area contributed by atoms with Crippen molar-refractivity contribution in [3.05, 3.63) is 106 Å². The van der Waals surface area contributed by atoms with E-state index in [2.05, 4.69) is 34.7 Å². The van der Waals surface area contributed by atoms with E-state index in [0.717, 1.165) is 17.0 Å². The van der Waals surface area contributed by atoms with E-state index >= 15 is 0 Å². The Morgan fingerprint density at radius 3 is 2.61 bits per heavy atom. The van der Waals surface area contributed by atoms with Crippen LogP contribution in [0.1, 0.15) is 38.8 Å². The van der Waals surface area contributed by atoms with E-state index in [0.29, 0.717) is 34.3 Å². The van der Waals surface area contributed by atoms with Crippen LogP contribution < -0.4 is 10.1 Å². The lowest BCUT2D eigenvalue weighted by Gasteiger charge is -2.10. The number of anilines is 1. The first-order chi connectivity index (χ1) is 17.4. The number of carbonyl (C=O) groups excluding carboxylic acids is 1. The van der Waals surface area contributed by atoms with Gasteiger partial charge in [0.15, 0.2) is 5.69 Å². The van der Waals surface area contributed by atoms with Crippen LogP contribution in [0.5, 0.6) is 5.75 Å². The number of nitrogens with one attached hydrogen (secondary N) is 1. The number of benzene rings is 3. The Morgan fingerprint density at radius 1 is 1.03 bits per heavy atom. The number of fused-ring (bicyclic) bond motifs is 1. The zero-order chi connectivity index (χ0) is 25.2. The smallest absolute Gasteiger partial charge is 0.278 e. The van der Waals surface area contributed by atoms with Gasteiger partial charge in [-0.25, -0.2) is 0 Å². The molecular formula is C28H25ClN4O3. The van der Waals surface area contributed by atoms with Gasteiger partial charge >= 0.3 is 0 Å². The molecule has 0 saturated carbocycles. The molecule has 0 aliphatic carbocycles. The van der Waals surface area contributed by atoms with Crippen molar-refractivity contribution in [2.45, 2.75) is 33.9 Å². The second-order valence-corrected chi connectivity index (χ2v) is 8.99. The molecule has 5 aromatic rings. The van der Waals surface area contributed by atoms with Crippen LogP contribution in [0.15, 0.2) is 71.3 Å². The zero-order valence-corrected chi connectivity index (χ0v) is 21.0. The van der Waals surface area contributed by atoms with E-state index in [9.17, 15) is 4.79 Å². The Bertz CT molecular complexity index is 1570. The number of carbonyl (C=O) groups is 1. The van der Waals surface area contributed by atoms with Crippen molar-refractivity contribution >= 4 is 34.0 Å². The summed E-state index contributed by atoms with van der Waals surface area (Å²) in [5, 5.41) is 14.5. The first-order valence-corrected chi connectivity index (χ1v) is 11.9. The lowest BCUT2D eigenvalue weighted by molar-refractivity contribution is 0.101. The zero-order valence-electron chi connectivity index (χ0n) is 20.2. The van der Waals surface area contributed by atoms with Crippen LogP contribution in [0.3, 0.4) is 0 Å². The van der Waals surface area contributed by atoms with E-state index in [4.69, 9.17) is 26.0 Å². The minimum Gasteiger partial charge on any atom is -0.487 e. The summed E-state index contributed by atoms with van der Waals surface area (Å²) < 4.78 is 13.0. The molecule has 0 unspecified atom stereocenters. The molecule has 1 amide bonds. The Labute approximate surface area is 213 Å². The molecule has 182 valence electrons. The van der Waals surface area contributed by atoms with Gasteiger partial charge in [0.2, 0.25) is 0 Å². The molecule has 0 aliphatic heterocycles. The topological polar surface area (TPSA) is 82.2 Å². The summed E-state index contributed by atoms with van der Waals surface area (Å²) in [6.07, 6.45) is 0. The van der Waals surface area contributed by atoms with E-state index in [-0.39, 0.29) is 18.2 Å². The van der Waals surface area contributed by atoms with Crippen molar-refractivity contribution in [1.29, 1.82) is 0 Å². The molecule has 0 bridgehead atoms. The highest BCUT2D eigenvalue weighted by atomic mass is 35.5. The maximum Gasteiger partial charge on any atom is 0.278 e. The fourth-order valence-electron chi connectivity index (χ4n) is 4.25. The molecule has 2 heterocycles. The molecular weight excluding hydrogens is 476 g/mol. The van der Waals surface area contributed by atoms with Gasteiger partial charge < -0.3 is 14.6 Å². The Morgan fingerprint density at radius 2 is 1.78 bits per heavy atom. The quantitative estimate of drug-likeness (QED) is 0.276. The number of para-hydroxylation sites is 1. The van der Waals surface area contributed by atoms with Crippen LogP contribution in [0, 0.1) is 20.8 Å². The highest BCUT2D eigenvalue weighted by Crippen LogP contribution is 2.27. The summed E-state index contributed by atoms with van der Waals surface area (Å²) in [5.74, 6) is 0.639. The number of ether oxygens (including phenoxy) is 1. The minimum absolute atomic E-state index is 0.0973. The third-order valence-corrected chi connectivity index (χ3v) is 6.54. The predicted molar refractivity (Wildman–Crippen MR) is 140 cm³/mol. The Balaban J connectivity index is 1.36. The molecule has 0 saturated heterocycles. The third-order valence-electron chi connectivity index (χ3n) is 6.23. The summed E-state index contributed by atoms with van der Waals surface area (Å²) in [6, 6.07) is 21.7. The fourth-order valence-corrected chi connectivity index (χ4v) is 4.44. The van der Waals surface area contributed by atoms with E-state index in [1.807, 2.05) is 48.9 Å². The van der Waals surface area contributed by atoms with Crippen LogP contribution in [-0.2, 0) is 13.2 Å². The highest BCUT2D eigenvalue weighted by Gasteiger charge is 2.23. The fraction of sp³-hybridized carbons (Fsp3) is 0.179. The van der Waals surface area contributed by atoms with Crippen molar-refractivity contribution in [3.63, 3.8) is 0 Å². The molecule has 2 aromatic heterocycles. The first kappa shape index (κ1) is 23.6. The van der Waals surface area contributed by atoms with E-state index in [1.165, 1.54) is 10.8 Å². The predicted octanol–water partition coefficient (Wildman–Crippen LogP) is 6.48. The van der Waals surface area contributed by atoms with Gasteiger partial charge in [-0.1, -0.05) is 71.4 Å². The van der Waals surface area contributed by atoms with E-state index < -0.39 is 0 Å². The Hall–Kier alpha value is -4.10. The van der Waals surface area contributed by atoms with Crippen LogP contribution in [0.25, 0.3) is 10.8 Å². The normalized spacial score (nSPS) is 11.1. The summed E-state index contributed by atoms with van der Waals surface area (Å²) in [7, 11) is 0. The van der Waals surface area contributed by atoms with Gasteiger partial charge in [0.1, 0.15) is 18.1 Å². The average Bonchev–Trinajstić information content (AvgIpc) is 3.37. The molecule has 1 N–H and O–H groups in total. The molecule has 7 nitrogen and oxygen atoms in total. The van der Waals surface area contributed by atoms with Gasteiger partial charge in [-0.2, -0.15) is 5.10 Å². The van der Waals surface area contributed by atoms with Gasteiger partial charge in [-0.15, -0.1) is 0 Å². The molecule has 8 heteroatoms. The van der Waals surface area contributed by atoms with Crippen molar-refractivity contribution in [2.75, 3.05) is 5.32 Å². The number of nitrogens with zero attached hydrogens (tertiary/aromatic N) is 3. The second-order valence-electron chi connectivity index (χ2n) is 8.58. The van der Waals surface area contributed by atoms with Gasteiger partial charge in [-0.05, 0) is 49.2 Å². The van der Waals surface area contributed by atoms with Gasteiger partial charge in [0.25, 0.3) is 5.91 Å². The number of hydrogen-bond acceptors (Lipinski definition) is 5. The number of hydrogen-bond donors (Lipinski definition) is 1. The molecule has 36 heavy (non-hydrogen) atoms. The summed E-state index contributed by atoms with van der Waals surface area (Å²) >= 11 is 6.19. The molecule has 0 aliphatic rings. The summed E-state index contributed by atoms with van der Waals surface area (Å²) in [6.45, 7) is 6.24. The monoisotopic (exact) mass is 500 g/mol. The molecule has 0 fully saturated rings. The van der Waals surface area contributed by atoms with Crippen LogP contribution in [0.2, 0.25) is 5.02 Å². The number of aromatic nitrogens is 3. The summed E-state index contributed by atoms with van der Waals surface area (Å²) in [4.78, 5) is 13.2. The van der Waals surface area contributed by atoms with Crippen molar-refractivity contribution in [2.24, 2.45) is 0 Å². The first-order valence-electron chi connectivity index (χ1n) is 11.6. The largest absolute Gasteiger partial charge is 0.487 e. The SMILES string of the molecule is Cc1nn(Cc2cccc3ccccc23)c(C)c1NC(=O)c1noc(C)c1COc1ccccc1Cl. The molecule has 0 radical (unpaired) electrons. The third kappa shape index (κ3) is 4.57. The Kier molecular flexibility index (Phi) is 6.48. The van der Waals surface area contributed by atoms with Gasteiger partial charge in [0.05, 0.1) is 34.2 Å². The van der Waals surface area contributed by atoms with Gasteiger partial charge in [-0.3, -0.25) is 9.48 Å². The lowest BCUT2D eigenvalue weighted by Crippen LogP contribution is -2.16. The minimum atomic E-state index is -0.388. The standard InChI is InChI=1S/C28H25ClN4O3/c1-17-26(18(2)33(31-17)15-21-11-8-10-20-9-4-5-12-22(20)21)30-28(34)27-23(19(3)36-32-27)16-35-25-14-7-6-13-24(25)29/h4-14H,15-16H2,1-3H3,(H,30,34). The van der Waals surface area contributed by atoms with Crippen molar-refractivity contribution in [1.82, 2.24) is 14.9 Å². The number of aryl methyl sites for hydroxylation is 2. The van der Waals surface area contributed by atoms with Gasteiger partial charge in [0, 0.05) is 0 Å². The van der Waals surface area contributed by atoms with E-state index in [1.54, 1.807) is 19.1 Å². The number of amides is 1. The number of halogens is 1.